The Labute approximate surface area is 125 Å². The van der Waals surface area contributed by atoms with Crippen LogP contribution in [0.5, 0.6) is 5.75 Å². The summed E-state index contributed by atoms with van der Waals surface area (Å²) < 4.78 is 5.41. The number of carbonyl (C=O) groups is 1. The summed E-state index contributed by atoms with van der Waals surface area (Å²) in [6.07, 6.45) is 3.12. The first-order valence-electron chi connectivity index (χ1n) is 6.67. The van der Waals surface area contributed by atoms with E-state index < -0.39 is 0 Å². The van der Waals surface area contributed by atoms with Crippen molar-refractivity contribution in [1.82, 2.24) is 20.2 Å². The number of H-pyrrole nitrogens is 1. The summed E-state index contributed by atoms with van der Waals surface area (Å²) in [6.45, 7) is 0.0673. The number of ether oxygens (including phenoxy) is 1. The summed E-state index contributed by atoms with van der Waals surface area (Å²) in [4.78, 5) is 21.6. The fourth-order valence-electron chi connectivity index (χ4n) is 2.35. The molecule has 22 heavy (non-hydrogen) atoms. The Balaban J connectivity index is 1.72. The van der Waals surface area contributed by atoms with Crippen LogP contribution in [-0.4, -0.2) is 39.7 Å². The van der Waals surface area contributed by atoms with Crippen LogP contribution in [0.4, 0.5) is 17.2 Å². The molecular formula is C14H12N6O2. The molecule has 0 fully saturated rings. The Hall–Kier alpha value is -3.16. The molecule has 2 aromatic heterocycles. The van der Waals surface area contributed by atoms with E-state index >= 15 is 0 Å². The number of nitrogens with zero attached hydrogens (tertiary/aromatic N) is 4. The second-order valence-electron chi connectivity index (χ2n) is 4.90. The van der Waals surface area contributed by atoms with Crippen LogP contribution in [0.3, 0.4) is 0 Å². The standard InChI is InChI=1S/C14H12N6O2/c1-20-10-4-8(2-3-11(10)22-6-12(20)21)18-13-9-5-17-19-14(9)16-7-15-13/h2-5,7H,6H2,1H3,(H2,15,16,17,18,19). The minimum absolute atomic E-state index is 0.0673. The molecule has 8 heteroatoms. The molecule has 4 rings (SSSR count). The van der Waals surface area contributed by atoms with E-state index in [-0.39, 0.29) is 12.5 Å². The fraction of sp³-hybridized carbons (Fsp3) is 0.143. The maximum absolute atomic E-state index is 11.7. The van der Waals surface area contributed by atoms with Gasteiger partial charge in [0.2, 0.25) is 0 Å². The summed E-state index contributed by atoms with van der Waals surface area (Å²) >= 11 is 0. The van der Waals surface area contributed by atoms with Gasteiger partial charge in [-0.3, -0.25) is 9.89 Å². The molecule has 110 valence electrons. The number of likely N-dealkylation sites (N-methyl/N-ethyl adjacent to an activating group) is 1. The first-order chi connectivity index (χ1) is 10.7. The molecule has 0 spiro atoms. The first kappa shape index (κ1) is 12.6. The molecule has 3 aromatic rings. The SMILES string of the molecule is CN1C(=O)COc2ccc(Nc3ncnc4[nH]ncc34)cc21. The van der Waals surface area contributed by atoms with Crippen LogP contribution >= 0.6 is 0 Å². The van der Waals surface area contributed by atoms with E-state index in [9.17, 15) is 4.79 Å². The normalized spacial score (nSPS) is 13.9. The maximum atomic E-state index is 11.7. The van der Waals surface area contributed by atoms with E-state index in [4.69, 9.17) is 4.74 Å². The van der Waals surface area contributed by atoms with Crippen molar-refractivity contribution < 1.29 is 9.53 Å². The number of anilines is 3. The lowest BCUT2D eigenvalue weighted by Crippen LogP contribution is -2.35. The molecule has 0 aliphatic carbocycles. The van der Waals surface area contributed by atoms with Crippen LogP contribution in [0.25, 0.3) is 11.0 Å². The van der Waals surface area contributed by atoms with Crippen LogP contribution in [-0.2, 0) is 4.79 Å². The van der Waals surface area contributed by atoms with Gasteiger partial charge in [-0.25, -0.2) is 9.97 Å². The molecule has 8 nitrogen and oxygen atoms in total. The van der Waals surface area contributed by atoms with Gasteiger partial charge in [0.15, 0.2) is 12.3 Å². The second-order valence-corrected chi connectivity index (χ2v) is 4.90. The molecule has 3 heterocycles. The third-order valence-electron chi connectivity index (χ3n) is 3.56. The summed E-state index contributed by atoms with van der Waals surface area (Å²) in [7, 11) is 1.73. The highest BCUT2D eigenvalue weighted by atomic mass is 16.5. The Morgan fingerprint density at radius 1 is 1.36 bits per heavy atom. The molecule has 0 unspecified atom stereocenters. The highest BCUT2D eigenvalue weighted by Crippen LogP contribution is 2.34. The fourth-order valence-corrected chi connectivity index (χ4v) is 2.35. The zero-order valence-electron chi connectivity index (χ0n) is 11.7. The molecule has 0 saturated heterocycles. The third-order valence-corrected chi connectivity index (χ3v) is 3.56. The molecule has 1 aliphatic rings. The second kappa shape index (κ2) is 4.69. The quantitative estimate of drug-likeness (QED) is 0.743. The molecule has 0 saturated carbocycles. The largest absolute Gasteiger partial charge is 0.482 e. The molecule has 2 N–H and O–H groups in total. The lowest BCUT2D eigenvalue weighted by Gasteiger charge is -2.26. The van der Waals surface area contributed by atoms with Crippen molar-refractivity contribution in [2.45, 2.75) is 0 Å². The number of rotatable bonds is 2. The van der Waals surface area contributed by atoms with Gasteiger partial charge in [-0.15, -0.1) is 0 Å². The summed E-state index contributed by atoms with van der Waals surface area (Å²) in [5.41, 5.74) is 2.18. The smallest absolute Gasteiger partial charge is 0.264 e. The van der Waals surface area contributed by atoms with Crippen LogP contribution in [0.2, 0.25) is 0 Å². The van der Waals surface area contributed by atoms with Crippen molar-refractivity contribution in [2.75, 3.05) is 23.9 Å². The number of hydrogen-bond acceptors (Lipinski definition) is 6. The van der Waals surface area contributed by atoms with Crippen LogP contribution in [0.15, 0.2) is 30.7 Å². The minimum Gasteiger partial charge on any atom is -0.482 e. The zero-order valence-corrected chi connectivity index (χ0v) is 11.7. The van der Waals surface area contributed by atoms with Gasteiger partial charge < -0.3 is 15.0 Å². The maximum Gasteiger partial charge on any atom is 0.264 e. The van der Waals surface area contributed by atoms with Gasteiger partial charge in [-0.1, -0.05) is 0 Å². The molecule has 0 bridgehead atoms. The number of aromatic nitrogens is 4. The predicted octanol–water partition coefficient (Wildman–Crippen LogP) is 1.45. The highest BCUT2D eigenvalue weighted by Gasteiger charge is 2.22. The first-order valence-corrected chi connectivity index (χ1v) is 6.67. The number of benzene rings is 1. The summed E-state index contributed by atoms with van der Waals surface area (Å²) in [6, 6.07) is 5.55. The van der Waals surface area contributed by atoms with Crippen molar-refractivity contribution in [3.05, 3.63) is 30.7 Å². The van der Waals surface area contributed by atoms with E-state index in [1.165, 1.54) is 6.33 Å². The van der Waals surface area contributed by atoms with Crippen molar-refractivity contribution in [3.63, 3.8) is 0 Å². The average Bonchev–Trinajstić information content (AvgIpc) is 3.01. The Morgan fingerprint density at radius 2 is 2.27 bits per heavy atom. The molecular weight excluding hydrogens is 284 g/mol. The average molecular weight is 296 g/mol. The van der Waals surface area contributed by atoms with Crippen LogP contribution < -0.4 is 15.0 Å². The number of nitrogens with one attached hydrogen (secondary N) is 2. The molecule has 1 amide bonds. The number of aromatic amines is 1. The van der Waals surface area contributed by atoms with E-state index in [1.54, 1.807) is 18.1 Å². The van der Waals surface area contributed by atoms with Gasteiger partial charge in [0.1, 0.15) is 17.9 Å². The topological polar surface area (TPSA) is 96.0 Å². The van der Waals surface area contributed by atoms with Gasteiger partial charge >= 0.3 is 0 Å². The van der Waals surface area contributed by atoms with Gasteiger partial charge in [0.25, 0.3) is 5.91 Å². The summed E-state index contributed by atoms with van der Waals surface area (Å²) in [5.74, 6) is 1.25. The highest BCUT2D eigenvalue weighted by molar-refractivity contribution is 5.98. The number of hydrogen-bond donors (Lipinski definition) is 2. The monoisotopic (exact) mass is 296 g/mol. The van der Waals surface area contributed by atoms with Crippen molar-refractivity contribution in [1.29, 1.82) is 0 Å². The van der Waals surface area contributed by atoms with Gasteiger partial charge in [0, 0.05) is 12.7 Å². The molecule has 1 aliphatic heterocycles. The van der Waals surface area contributed by atoms with Gasteiger partial charge in [0.05, 0.1) is 17.3 Å². The van der Waals surface area contributed by atoms with Crippen molar-refractivity contribution in [2.24, 2.45) is 0 Å². The Bertz CT molecular complexity index is 875. The molecule has 1 aromatic carbocycles. The predicted molar refractivity (Wildman–Crippen MR) is 80.3 cm³/mol. The number of carbonyl (C=O) groups excluding carboxylic acids is 1. The number of amides is 1. The molecule has 0 atom stereocenters. The van der Waals surface area contributed by atoms with Gasteiger partial charge in [-0.2, -0.15) is 5.10 Å². The van der Waals surface area contributed by atoms with Crippen molar-refractivity contribution in [3.8, 4) is 5.75 Å². The minimum atomic E-state index is -0.0797. The Kier molecular flexibility index (Phi) is 2.68. The summed E-state index contributed by atoms with van der Waals surface area (Å²) in [5, 5.41) is 10.8. The van der Waals surface area contributed by atoms with Gasteiger partial charge in [-0.05, 0) is 18.2 Å². The molecule has 0 radical (unpaired) electrons. The third kappa shape index (κ3) is 1.93. The van der Waals surface area contributed by atoms with Crippen LogP contribution in [0.1, 0.15) is 0 Å². The van der Waals surface area contributed by atoms with E-state index in [2.05, 4.69) is 25.5 Å². The lowest BCUT2D eigenvalue weighted by atomic mass is 10.2. The van der Waals surface area contributed by atoms with Crippen LogP contribution in [0, 0.1) is 0 Å². The zero-order chi connectivity index (χ0) is 15.1. The van der Waals surface area contributed by atoms with E-state index in [0.29, 0.717) is 17.2 Å². The lowest BCUT2D eigenvalue weighted by molar-refractivity contribution is -0.120. The number of fused-ring (bicyclic) bond motifs is 2. The Morgan fingerprint density at radius 3 is 3.18 bits per heavy atom. The van der Waals surface area contributed by atoms with E-state index in [0.717, 1.165) is 16.8 Å². The van der Waals surface area contributed by atoms with E-state index in [1.807, 2.05) is 18.2 Å². The van der Waals surface area contributed by atoms with Crippen molar-refractivity contribution >= 4 is 34.1 Å².